The molecule has 0 spiro atoms. The molecule has 1 saturated heterocycles. The van der Waals surface area contributed by atoms with Crippen LogP contribution in [0.1, 0.15) is 12.1 Å². The molecule has 5 rings (SSSR count). The predicted molar refractivity (Wildman–Crippen MR) is 115 cm³/mol. The molecule has 2 aliphatic heterocycles. The minimum absolute atomic E-state index is 0.0826. The van der Waals surface area contributed by atoms with Crippen molar-refractivity contribution in [3.63, 3.8) is 0 Å². The summed E-state index contributed by atoms with van der Waals surface area (Å²) in [4.78, 5) is 35.2. The van der Waals surface area contributed by atoms with E-state index in [0.717, 1.165) is 11.5 Å². The molecule has 0 saturated carbocycles. The fraction of sp³-hybridized carbons (Fsp3) is 0.381. The van der Waals surface area contributed by atoms with Crippen LogP contribution in [-0.2, 0) is 9.59 Å². The number of benzene rings is 1. The molecule has 1 unspecified atom stereocenters. The summed E-state index contributed by atoms with van der Waals surface area (Å²) in [6.07, 6.45) is 1.62. The average molecular weight is 437 g/mol. The van der Waals surface area contributed by atoms with Gasteiger partial charge >= 0.3 is 0 Å². The second-order valence-electron chi connectivity index (χ2n) is 7.71. The van der Waals surface area contributed by atoms with Gasteiger partial charge in [0.25, 0.3) is 5.78 Å². The number of carbonyl (C=O) groups excluding carboxylic acids is 2. The van der Waals surface area contributed by atoms with Gasteiger partial charge in [-0.1, -0.05) is 0 Å². The third kappa shape index (κ3) is 3.88. The van der Waals surface area contributed by atoms with Crippen LogP contribution in [0.25, 0.3) is 5.78 Å². The zero-order chi connectivity index (χ0) is 22.1. The van der Waals surface area contributed by atoms with Crippen molar-refractivity contribution in [2.45, 2.75) is 13.3 Å². The van der Waals surface area contributed by atoms with Crippen molar-refractivity contribution in [1.29, 1.82) is 0 Å². The summed E-state index contributed by atoms with van der Waals surface area (Å²) in [6, 6.07) is 7.27. The second kappa shape index (κ2) is 8.33. The smallest absolute Gasteiger partial charge is 0.254 e. The highest BCUT2D eigenvalue weighted by atomic mass is 16.6. The molecule has 1 fully saturated rings. The van der Waals surface area contributed by atoms with Crippen LogP contribution in [0.2, 0.25) is 0 Å². The average Bonchev–Trinajstić information content (AvgIpc) is 3.42. The van der Waals surface area contributed by atoms with Gasteiger partial charge < -0.3 is 25.0 Å². The fourth-order valence-corrected chi connectivity index (χ4v) is 3.91. The van der Waals surface area contributed by atoms with Crippen molar-refractivity contribution in [1.82, 2.24) is 24.9 Å². The van der Waals surface area contributed by atoms with Crippen molar-refractivity contribution in [2.24, 2.45) is 5.92 Å². The topological polar surface area (TPSA) is 123 Å². The molecule has 1 aromatic carbocycles. The van der Waals surface area contributed by atoms with Crippen LogP contribution >= 0.6 is 0 Å². The first-order valence-electron chi connectivity index (χ1n) is 10.5. The van der Waals surface area contributed by atoms with Crippen molar-refractivity contribution in [2.75, 3.05) is 43.1 Å². The van der Waals surface area contributed by atoms with E-state index in [1.165, 1.54) is 6.33 Å². The molecule has 0 bridgehead atoms. The van der Waals surface area contributed by atoms with Crippen molar-refractivity contribution >= 4 is 29.1 Å². The molecule has 3 aromatic rings. The number of rotatable bonds is 6. The van der Waals surface area contributed by atoms with E-state index in [-0.39, 0.29) is 18.2 Å². The zero-order valence-corrected chi connectivity index (χ0v) is 17.6. The number of ether oxygens (including phenoxy) is 2. The van der Waals surface area contributed by atoms with Crippen LogP contribution in [0.4, 0.5) is 11.5 Å². The Kier molecular flexibility index (Phi) is 5.21. The molecule has 11 nitrogen and oxygen atoms in total. The molecule has 32 heavy (non-hydrogen) atoms. The van der Waals surface area contributed by atoms with Gasteiger partial charge in [-0.05, 0) is 19.1 Å². The third-order valence-electron chi connectivity index (χ3n) is 5.44. The summed E-state index contributed by atoms with van der Waals surface area (Å²) in [5.74, 6) is 1.92. The summed E-state index contributed by atoms with van der Waals surface area (Å²) in [5.41, 5.74) is 1.53. The molecular weight excluding hydrogens is 414 g/mol. The van der Waals surface area contributed by atoms with Crippen molar-refractivity contribution < 1.29 is 19.1 Å². The maximum absolute atomic E-state index is 12.6. The number of anilines is 2. The van der Waals surface area contributed by atoms with Crippen molar-refractivity contribution in [3.05, 3.63) is 36.3 Å². The maximum Gasteiger partial charge on any atom is 0.254 e. The molecule has 0 aliphatic carbocycles. The minimum Gasteiger partial charge on any atom is -0.486 e. The van der Waals surface area contributed by atoms with Crippen LogP contribution in [0.3, 0.4) is 0 Å². The Balaban J connectivity index is 1.15. The lowest BCUT2D eigenvalue weighted by Gasteiger charge is -2.22. The van der Waals surface area contributed by atoms with E-state index in [1.54, 1.807) is 21.5 Å². The predicted octanol–water partition coefficient (Wildman–Crippen LogP) is 0.785. The van der Waals surface area contributed by atoms with Gasteiger partial charge in [-0.15, -0.1) is 0 Å². The standard InChI is InChI=1S/C21H23N7O4/c1-13-8-18(28-21(26-13)24-12-25-28)22-4-5-23-20(30)14-9-19(29)27(11-14)15-2-3-16-17(10-15)32-7-6-31-16/h2-3,8,10,12,14,22H,4-7,9,11H2,1H3,(H,23,30). The first-order valence-corrected chi connectivity index (χ1v) is 10.5. The monoisotopic (exact) mass is 437 g/mol. The number of amides is 2. The van der Waals surface area contributed by atoms with E-state index in [4.69, 9.17) is 9.47 Å². The number of hydrogen-bond acceptors (Lipinski definition) is 8. The third-order valence-corrected chi connectivity index (χ3v) is 5.44. The lowest BCUT2D eigenvalue weighted by Crippen LogP contribution is -2.35. The van der Waals surface area contributed by atoms with Crippen LogP contribution in [0.15, 0.2) is 30.6 Å². The highest BCUT2D eigenvalue weighted by Crippen LogP contribution is 2.35. The summed E-state index contributed by atoms with van der Waals surface area (Å²) < 4.78 is 12.7. The summed E-state index contributed by atoms with van der Waals surface area (Å²) in [6.45, 7) is 4.11. The molecule has 1 atom stereocenters. The fourth-order valence-electron chi connectivity index (χ4n) is 3.91. The molecule has 11 heteroatoms. The Morgan fingerprint density at radius 3 is 2.91 bits per heavy atom. The molecule has 2 amide bonds. The lowest BCUT2D eigenvalue weighted by atomic mass is 10.1. The number of nitrogens with zero attached hydrogens (tertiary/aromatic N) is 5. The van der Waals surface area contributed by atoms with E-state index in [9.17, 15) is 9.59 Å². The van der Waals surface area contributed by atoms with E-state index < -0.39 is 5.92 Å². The summed E-state index contributed by atoms with van der Waals surface area (Å²) in [7, 11) is 0. The normalized spacial score (nSPS) is 17.6. The van der Waals surface area contributed by atoms with Gasteiger partial charge in [-0.25, -0.2) is 4.98 Å². The molecular formula is C21H23N7O4. The second-order valence-corrected chi connectivity index (χ2v) is 7.71. The Morgan fingerprint density at radius 1 is 1.19 bits per heavy atom. The van der Waals surface area contributed by atoms with Crippen molar-refractivity contribution in [3.8, 4) is 11.5 Å². The number of aryl methyl sites for hydroxylation is 1. The Bertz CT molecular complexity index is 1180. The summed E-state index contributed by atoms with van der Waals surface area (Å²) in [5, 5.41) is 10.3. The van der Waals surface area contributed by atoms with Crippen LogP contribution in [0.5, 0.6) is 11.5 Å². The molecule has 2 aromatic heterocycles. The van der Waals surface area contributed by atoms with Crippen LogP contribution in [0, 0.1) is 12.8 Å². The zero-order valence-electron chi connectivity index (χ0n) is 17.6. The van der Waals surface area contributed by atoms with Gasteiger partial charge in [0.05, 0.1) is 5.92 Å². The number of carbonyl (C=O) groups is 2. The number of aromatic nitrogens is 4. The van der Waals surface area contributed by atoms with E-state index >= 15 is 0 Å². The van der Waals surface area contributed by atoms with Gasteiger partial charge in [0, 0.05) is 49.6 Å². The van der Waals surface area contributed by atoms with E-state index in [2.05, 4.69) is 25.7 Å². The first-order chi connectivity index (χ1) is 15.6. The lowest BCUT2D eigenvalue weighted by molar-refractivity contribution is -0.126. The van der Waals surface area contributed by atoms with Gasteiger partial charge in [-0.2, -0.15) is 14.6 Å². The summed E-state index contributed by atoms with van der Waals surface area (Å²) >= 11 is 0. The van der Waals surface area contributed by atoms with E-state index in [0.29, 0.717) is 55.8 Å². The highest BCUT2D eigenvalue weighted by Gasteiger charge is 2.35. The minimum atomic E-state index is -0.402. The molecule has 166 valence electrons. The Labute approximate surface area is 183 Å². The van der Waals surface area contributed by atoms with Crippen LogP contribution < -0.4 is 25.0 Å². The Morgan fingerprint density at radius 2 is 2.03 bits per heavy atom. The number of fused-ring (bicyclic) bond motifs is 2. The van der Waals surface area contributed by atoms with Crippen LogP contribution in [-0.4, -0.2) is 64.2 Å². The SMILES string of the molecule is Cc1cc(NCCNC(=O)C2CC(=O)N(c3ccc4c(c3)OCCO4)C2)n2ncnc2n1. The number of nitrogens with one attached hydrogen (secondary N) is 2. The number of hydrogen-bond donors (Lipinski definition) is 2. The largest absolute Gasteiger partial charge is 0.486 e. The maximum atomic E-state index is 12.6. The van der Waals surface area contributed by atoms with Gasteiger partial charge in [-0.3, -0.25) is 9.59 Å². The first kappa shape index (κ1) is 20.0. The highest BCUT2D eigenvalue weighted by molar-refractivity contribution is 6.00. The molecule has 4 heterocycles. The quantitative estimate of drug-likeness (QED) is 0.543. The van der Waals surface area contributed by atoms with Gasteiger partial charge in [0.1, 0.15) is 25.4 Å². The molecule has 0 radical (unpaired) electrons. The molecule has 2 N–H and O–H groups in total. The van der Waals surface area contributed by atoms with Gasteiger partial charge in [0.2, 0.25) is 11.8 Å². The van der Waals surface area contributed by atoms with E-state index in [1.807, 2.05) is 19.1 Å². The van der Waals surface area contributed by atoms with Gasteiger partial charge in [0.15, 0.2) is 11.5 Å². The Hall–Kier alpha value is -3.89. The molecule has 2 aliphatic rings.